The molecule has 1 spiro atoms. The van der Waals surface area contributed by atoms with Crippen molar-refractivity contribution in [2.75, 3.05) is 46.0 Å². The van der Waals surface area contributed by atoms with Crippen molar-refractivity contribution in [1.29, 1.82) is 0 Å². The average molecular weight is 401 g/mol. The minimum atomic E-state index is -0.827. The lowest BCUT2D eigenvalue weighted by Gasteiger charge is -2.45. The van der Waals surface area contributed by atoms with Crippen molar-refractivity contribution >= 4 is 6.09 Å². The first-order valence-electron chi connectivity index (χ1n) is 11.2. The van der Waals surface area contributed by atoms with Crippen molar-refractivity contribution in [3.63, 3.8) is 0 Å². The van der Waals surface area contributed by atoms with Crippen molar-refractivity contribution in [1.82, 2.24) is 9.80 Å². The number of carboxylic acid groups (broad SMARTS) is 1. The van der Waals surface area contributed by atoms with Crippen LogP contribution in [0.5, 0.6) is 0 Å². The molecule has 1 amide bonds. The summed E-state index contributed by atoms with van der Waals surface area (Å²) in [5, 5.41) is 9.10. The van der Waals surface area contributed by atoms with Crippen LogP contribution in [-0.4, -0.2) is 78.6 Å². The predicted octanol–water partition coefficient (Wildman–Crippen LogP) is 3.28. The first kappa shape index (κ1) is 19.3. The molecule has 4 saturated heterocycles. The highest BCUT2D eigenvalue weighted by atomic mass is 16.5. The third-order valence-electron chi connectivity index (χ3n) is 7.56. The van der Waals surface area contributed by atoms with Gasteiger partial charge >= 0.3 is 6.09 Å². The Morgan fingerprint density at radius 2 is 1.62 bits per heavy atom. The molecule has 0 bridgehead atoms. The summed E-state index contributed by atoms with van der Waals surface area (Å²) in [6, 6.07) is 9.53. The van der Waals surface area contributed by atoms with E-state index in [1.807, 2.05) is 0 Å². The highest BCUT2D eigenvalue weighted by Crippen LogP contribution is 2.40. The fourth-order valence-electron chi connectivity index (χ4n) is 5.90. The Morgan fingerprint density at radius 1 is 1.00 bits per heavy atom. The van der Waals surface area contributed by atoms with Gasteiger partial charge in [-0.15, -0.1) is 0 Å². The predicted molar refractivity (Wildman–Crippen MR) is 109 cm³/mol. The third kappa shape index (κ3) is 3.78. The highest BCUT2D eigenvalue weighted by Gasteiger charge is 2.52. The summed E-state index contributed by atoms with van der Waals surface area (Å²) in [4.78, 5) is 15.1. The van der Waals surface area contributed by atoms with E-state index in [9.17, 15) is 4.79 Å². The minimum absolute atomic E-state index is 0.213. The molecule has 6 heteroatoms. The van der Waals surface area contributed by atoms with Crippen LogP contribution < -0.4 is 0 Å². The smallest absolute Gasteiger partial charge is 0.407 e. The molecule has 1 aromatic carbocycles. The number of nitrogens with zero attached hydrogens (tertiary/aromatic N) is 2. The normalized spacial score (nSPS) is 28.6. The van der Waals surface area contributed by atoms with E-state index in [1.54, 1.807) is 11.1 Å². The van der Waals surface area contributed by atoms with E-state index < -0.39 is 6.09 Å². The molecule has 4 heterocycles. The zero-order chi connectivity index (χ0) is 19.8. The topological polar surface area (TPSA) is 62.2 Å². The number of carbonyl (C=O) groups is 1. The molecule has 29 heavy (non-hydrogen) atoms. The molecular weight excluding hydrogens is 368 g/mol. The van der Waals surface area contributed by atoms with Crippen LogP contribution in [0.2, 0.25) is 0 Å². The first-order valence-corrected chi connectivity index (χ1v) is 11.2. The van der Waals surface area contributed by atoms with E-state index in [0.29, 0.717) is 31.0 Å². The number of rotatable bonds is 3. The van der Waals surface area contributed by atoms with Gasteiger partial charge in [-0.2, -0.15) is 0 Å². The van der Waals surface area contributed by atoms with Gasteiger partial charge in [-0.25, -0.2) is 4.79 Å². The molecule has 4 fully saturated rings. The van der Waals surface area contributed by atoms with Gasteiger partial charge < -0.3 is 19.5 Å². The Balaban J connectivity index is 1.18. The third-order valence-corrected chi connectivity index (χ3v) is 7.56. The van der Waals surface area contributed by atoms with Crippen LogP contribution in [0.25, 0.3) is 0 Å². The van der Waals surface area contributed by atoms with Crippen molar-refractivity contribution in [2.24, 2.45) is 0 Å². The van der Waals surface area contributed by atoms with Gasteiger partial charge in [0.15, 0.2) is 0 Å². The van der Waals surface area contributed by atoms with Crippen LogP contribution >= 0.6 is 0 Å². The number of amides is 1. The largest absolute Gasteiger partial charge is 0.465 e. The van der Waals surface area contributed by atoms with E-state index in [2.05, 4.69) is 29.2 Å². The molecule has 0 unspecified atom stereocenters. The van der Waals surface area contributed by atoms with Crippen LogP contribution in [0, 0.1) is 0 Å². The Kier molecular flexibility index (Phi) is 5.26. The Bertz CT molecular complexity index is 734. The van der Waals surface area contributed by atoms with Crippen LogP contribution in [0.1, 0.15) is 55.1 Å². The minimum Gasteiger partial charge on any atom is -0.465 e. The van der Waals surface area contributed by atoms with Crippen LogP contribution in [0.3, 0.4) is 0 Å². The van der Waals surface area contributed by atoms with Gasteiger partial charge in [0.2, 0.25) is 0 Å². The van der Waals surface area contributed by atoms with Gasteiger partial charge in [0.05, 0.1) is 19.7 Å². The molecule has 4 aliphatic rings. The van der Waals surface area contributed by atoms with Crippen LogP contribution in [-0.2, 0) is 9.47 Å². The molecule has 1 N–H and O–H groups in total. The highest BCUT2D eigenvalue weighted by molar-refractivity contribution is 5.66. The second kappa shape index (κ2) is 7.89. The maximum absolute atomic E-state index is 11.1. The van der Waals surface area contributed by atoms with Crippen molar-refractivity contribution in [2.45, 2.75) is 55.6 Å². The molecule has 0 radical (unpaired) electrons. The number of piperidine rings is 1. The van der Waals surface area contributed by atoms with Gasteiger partial charge in [0.25, 0.3) is 0 Å². The van der Waals surface area contributed by atoms with Gasteiger partial charge in [-0.3, -0.25) is 4.90 Å². The lowest BCUT2D eigenvalue weighted by molar-refractivity contribution is -0.0982. The number of hydrogen-bond donors (Lipinski definition) is 1. The molecule has 0 saturated carbocycles. The second-order valence-electron chi connectivity index (χ2n) is 9.32. The van der Waals surface area contributed by atoms with E-state index in [0.717, 1.165) is 52.2 Å². The van der Waals surface area contributed by atoms with Crippen LogP contribution in [0.4, 0.5) is 4.79 Å². The maximum atomic E-state index is 11.1. The van der Waals surface area contributed by atoms with Gasteiger partial charge in [0, 0.05) is 19.3 Å². The second-order valence-corrected chi connectivity index (χ2v) is 9.32. The van der Waals surface area contributed by atoms with E-state index in [1.165, 1.54) is 17.7 Å². The quantitative estimate of drug-likeness (QED) is 0.844. The molecule has 0 aliphatic carbocycles. The number of hydrogen-bond acceptors (Lipinski definition) is 4. The zero-order valence-electron chi connectivity index (χ0n) is 17.1. The van der Waals surface area contributed by atoms with Gasteiger partial charge in [-0.05, 0) is 68.2 Å². The molecule has 6 nitrogen and oxygen atoms in total. The molecule has 158 valence electrons. The Labute approximate surface area is 172 Å². The zero-order valence-corrected chi connectivity index (χ0v) is 17.1. The van der Waals surface area contributed by atoms with Crippen molar-refractivity contribution < 1.29 is 19.4 Å². The van der Waals surface area contributed by atoms with E-state index in [-0.39, 0.29) is 5.60 Å². The van der Waals surface area contributed by atoms with Crippen molar-refractivity contribution in [3.8, 4) is 0 Å². The summed E-state index contributed by atoms with van der Waals surface area (Å²) in [7, 11) is 0. The molecular formula is C23H32N2O4. The number of likely N-dealkylation sites (tertiary alicyclic amines) is 2. The first-order chi connectivity index (χ1) is 14.1. The monoisotopic (exact) mass is 400 g/mol. The summed E-state index contributed by atoms with van der Waals surface area (Å²) < 4.78 is 11.6. The van der Waals surface area contributed by atoms with Crippen LogP contribution in [0.15, 0.2) is 24.3 Å². The SMILES string of the molecule is O=C(O)N1CC2(C[C@H](N3CCC(c4ccccc4C4CCOCC4)CC3)CO2)C1. The summed E-state index contributed by atoms with van der Waals surface area (Å²) in [5.41, 5.74) is 2.91. The lowest BCUT2D eigenvalue weighted by atomic mass is 9.80. The summed E-state index contributed by atoms with van der Waals surface area (Å²) in [5.74, 6) is 1.30. The maximum Gasteiger partial charge on any atom is 0.407 e. The Hall–Kier alpha value is -1.63. The van der Waals surface area contributed by atoms with Crippen molar-refractivity contribution in [3.05, 3.63) is 35.4 Å². The summed E-state index contributed by atoms with van der Waals surface area (Å²) in [6.07, 6.45) is 4.83. The molecule has 5 rings (SSSR count). The van der Waals surface area contributed by atoms with E-state index >= 15 is 0 Å². The summed E-state index contributed by atoms with van der Waals surface area (Å²) in [6.45, 7) is 5.82. The van der Waals surface area contributed by atoms with Gasteiger partial charge in [-0.1, -0.05) is 24.3 Å². The fourth-order valence-corrected chi connectivity index (χ4v) is 5.90. The van der Waals surface area contributed by atoms with E-state index in [4.69, 9.17) is 14.6 Å². The number of benzene rings is 1. The lowest BCUT2D eigenvalue weighted by Crippen LogP contribution is -2.63. The fraction of sp³-hybridized carbons (Fsp3) is 0.696. The van der Waals surface area contributed by atoms with Gasteiger partial charge in [0.1, 0.15) is 5.60 Å². The summed E-state index contributed by atoms with van der Waals surface area (Å²) >= 11 is 0. The molecule has 4 aliphatic heterocycles. The molecule has 0 aromatic heterocycles. The standard InChI is InChI=1S/C23H32N2O4/c26-22(27)25-15-23(16-25)13-19(14-29-23)24-9-5-17(6-10-24)20-3-1-2-4-21(20)18-7-11-28-12-8-18/h1-4,17-19H,5-16H2,(H,26,27)/t19-/m0/s1. The molecule has 1 aromatic rings. The average Bonchev–Trinajstić information content (AvgIpc) is 3.19. The Morgan fingerprint density at radius 3 is 2.24 bits per heavy atom. The number of ether oxygens (including phenoxy) is 2. The molecule has 1 atom stereocenters.